The molecule has 0 unspecified atom stereocenters. The lowest BCUT2D eigenvalue weighted by Gasteiger charge is -2.13. The lowest BCUT2D eigenvalue weighted by molar-refractivity contribution is -0.633. The summed E-state index contributed by atoms with van der Waals surface area (Å²) in [6.45, 7) is 6.57. The summed E-state index contributed by atoms with van der Waals surface area (Å²) in [5.41, 5.74) is 9.67. The molecule has 0 spiro atoms. The average molecular weight is 551 g/mol. The molecule has 3 aromatic heterocycles. The molecule has 0 aliphatic rings. The lowest BCUT2D eigenvalue weighted by Crippen LogP contribution is -2.33. The first-order chi connectivity index (χ1) is 20.4. The molecule has 8 aromatic rings. The SMILES string of the molecule is Cc1ccc2c(oc3c(-c4ccc5c(c4)oc4ccccc45)c(F)ccc32)c1-c1cc(C(C)C)c2ccccc2[n+]1C. The van der Waals surface area contributed by atoms with E-state index in [2.05, 4.69) is 74.9 Å². The third-order valence-electron chi connectivity index (χ3n) is 8.74. The summed E-state index contributed by atoms with van der Waals surface area (Å²) < 4.78 is 30.9. The summed E-state index contributed by atoms with van der Waals surface area (Å²) in [5, 5.41) is 5.16. The van der Waals surface area contributed by atoms with Crippen molar-refractivity contribution in [3.8, 4) is 22.4 Å². The molecule has 0 radical (unpaired) electrons. The Morgan fingerprint density at radius 3 is 2.12 bits per heavy atom. The van der Waals surface area contributed by atoms with E-state index in [4.69, 9.17) is 8.83 Å². The molecule has 0 aliphatic carbocycles. The number of aromatic nitrogens is 1. The zero-order valence-electron chi connectivity index (χ0n) is 24.0. The molecule has 8 rings (SSSR count). The molecule has 4 heteroatoms. The van der Waals surface area contributed by atoms with Gasteiger partial charge in [0.05, 0.1) is 11.1 Å². The van der Waals surface area contributed by atoms with E-state index in [0.717, 1.165) is 66.2 Å². The Kier molecular flexibility index (Phi) is 5.33. The average Bonchev–Trinajstić information content (AvgIpc) is 3.55. The highest BCUT2D eigenvalue weighted by atomic mass is 19.1. The van der Waals surface area contributed by atoms with Gasteiger partial charge in [0.15, 0.2) is 0 Å². The maximum atomic E-state index is 15.7. The Labute approximate surface area is 242 Å². The molecule has 0 saturated heterocycles. The predicted octanol–water partition coefficient (Wildman–Crippen LogP) is 10.4. The number of halogens is 1. The van der Waals surface area contributed by atoms with Gasteiger partial charge < -0.3 is 8.83 Å². The van der Waals surface area contributed by atoms with Gasteiger partial charge in [-0.05, 0) is 65.9 Å². The fourth-order valence-corrected chi connectivity index (χ4v) is 6.63. The number of furan rings is 2. The van der Waals surface area contributed by atoms with E-state index in [-0.39, 0.29) is 5.82 Å². The van der Waals surface area contributed by atoms with Crippen molar-refractivity contribution >= 4 is 54.8 Å². The topological polar surface area (TPSA) is 30.2 Å². The number of hydrogen-bond donors (Lipinski definition) is 0. The zero-order valence-corrected chi connectivity index (χ0v) is 24.0. The van der Waals surface area contributed by atoms with E-state index >= 15 is 4.39 Å². The van der Waals surface area contributed by atoms with Crippen LogP contribution in [0.3, 0.4) is 0 Å². The van der Waals surface area contributed by atoms with Crippen molar-refractivity contribution in [2.24, 2.45) is 7.05 Å². The molecular formula is C38H29FNO2+. The number of fused-ring (bicyclic) bond motifs is 7. The second-order valence-electron chi connectivity index (χ2n) is 11.6. The van der Waals surface area contributed by atoms with Crippen LogP contribution in [0.25, 0.3) is 77.2 Å². The minimum absolute atomic E-state index is 0.325. The summed E-state index contributed by atoms with van der Waals surface area (Å²) in [7, 11) is 2.11. The van der Waals surface area contributed by atoms with Gasteiger partial charge in [-0.1, -0.05) is 62.4 Å². The highest BCUT2D eigenvalue weighted by molar-refractivity contribution is 6.14. The standard InChI is InChI=1S/C38H29FNO2/c1-21(2)29-20-32(40(4)31-11-7-5-9-24(29)31)35-22(3)13-15-27-28-17-18-30(39)36(38(28)42-37(27)35)23-14-16-26-25-10-6-8-12-33(25)41-34(26)19-23/h5-21H,1-4H3/q+1. The first kappa shape index (κ1) is 24.8. The van der Waals surface area contributed by atoms with Gasteiger partial charge in [0.25, 0.3) is 0 Å². The molecule has 42 heavy (non-hydrogen) atoms. The first-order valence-corrected chi connectivity index (χ1v) is 14.4. The summed E-state index contributed by atoms with van der Waals surface area (Å²) in [5.74, 6) is 0.0209. The van der Waals surface area contributed by atoms with E-state index in [1.165, 1.54) is 10.9 Å². The van der Waals surface area contributed by atoms with E-state index in [0.29, 0.717) is 17.1 Å². The highest BCUT2D eigenvalue weighted by Gasteiger charge is 2.26. The largest absolute Gasteiger partial charge is 0.456 e. The van der Waals surface area contributed by atoms with Gasteiger partial charge in [-0.15, -0.1) is 0 Å². The molecule has 0 atom stereocenters. The summed E-state index contributed by atoms with van der Waals surface area (Å²) in [6.07, 6.45) is 0. The summed E-state index contributed by atoms with van der Waals surface area (Å²) in [6, 6.07) is 32.3. The number of hydrogen-bond acceptors (Lipinski definition) is 2. The molecular weight excluding hydrogens is 521 g/mol. The van der Waals surface area contributed by atoms with Crippen molar-refractivity contribution in [1.82, 2.24) is 0 Å². The molecule has 3 heterocycles. The molecule has 0 amide bonds. The summed E-state index contributed by atoms with van der Waals surface area (Å²) >= 11 is 0. The highest BCUT2D eigenvalue weighted by Crippen LogP contribution is 2.43. The Morgan fingerprint density at radius 1 is 0.643 bits per heavy atom. The number of aryl methyl sites for hydroxylation is 2. The Morgan fingerprint density at radius 2 is 1.31 bits per heavy atom. The van der Waals surface area contributed by atoms with Crippen LogP contribution in [0.5, 0.6) is 0 Å². The van der Waals surface area contributed by atoms with Crippen LogP contribution in [0.2, 0.25) is 0 Å². The van der Waals surface area contributed by atoms with Crippen LogP contribution < -0.4 is 4.57 Å². The smallest absolute Gasteiger partial charge is 0.217 e. The van der Waals surface area contributed by atoms with Crippen LogP contribution in [-0.4, -0.2) is 0 Å². The molecule has 3 nitrogen and oxygen atoms in total. The number of nitrogens with zero attached hydrogens (tertiary/aromatic N) is 1. The quantitative estimate of drug-likeness (QED) is 0.205. The molecule has 0 N–H and O–H groups in total. The molecule has 204 valence electrons. The molecule has 0 bridgehead atoms. The second kappa shape index (κ2) is 9.02. The van der Waals surface area contributed by atoms with Crippen molar-refractivity contribution in [3.05, 3.63) is 114 Å². The van der Waals surface area contributed by atoms with Crippen LogP contribution in [0.15, 0.2) is 106 Å². The Hall–Kier alpha value is -4.96. The Balaban J connectivity index is 1.42. The van der Waals surface area contributed by atoms with Crippen LogP contribution in [0.4, 0.5) is 4.39 Å². The van der Waals surface area contributed by atoms with Crippen molar-refractivity contribution in [3.63, 3.8) is 0 Å². The maximum Gasteiger partial charge on any atom is 0.217 e. The van der Waals surface area contributed by atoms with E-state index < -0.39 is 0 Å². The minimum atomic E-state index is -0.325. The number of pyridine rings is 1. The fraction of sp³-hybridized carbons (Fsp3) is 0.132. The van der Waals surface area contributed by atoms with Gasteiger partial charge >= 0.3 is 0 Å². The van der Waals surface area contributed by atoms with Gasteiger partial charge in [0.2, 0.25) is 11.2 Å². The van der Waals surface area contributed by atoms with Crippen LogP contribution >= 0.6 is 0 Å². The van der Waals surface area contributed by atoms with Crippen molar-refractivity contribution in [2.75, 3.05) is 0 Å². The van der Waals surface area contributed by atoms with Gasteiger partial charge in [-0.25, -0.2) is 4.39 Å². The second-order valence-corrected chi connectivity index (χ2v) is 11.6. The first-order valence-electron chi connectivity index (χ1n) is 14.4. The van der Waals surface area contributed by atoms with Gasteiger partial charge in [0.1, 0.15) is 35.2 Å². The van der Waals surface area contributed by atoms with Gasteiger partial charge in [0, 0.05) is 39.1 Å². The molecule has 0 saturated carbocycles. The van der Waals surface area contributed by atoms with Crippen molar-refractivity contribution < 1.29 is 17.8 Å². The van der Waals surface area contributed by atoms with Crippen LogP contribution in [0, 0.1) is 12.7 Å². The van der Waals surface area contributed by atoms with Crippen molar-refractivity contribution in [1.29, 1.82) is 0 Å². The maximum absolute atomic E-state index is 15.7. The number of benzene rings is 5. The number of rotatable bonds is 3. The third-order valence-corrected chi connectivity index (χ3v) is 8.74. The van der Waals surface area contributed by atoms with Crippen molar-refractivity contribution in [2.45, 2.75) is 26.7 Å². The monoisotopic (exact) mass is 550 g/mol. The minimum Gasteiger partial charge on any atom is -0.456 e. The van der Waals surface area contributed by atoms with E-state index in [1.54, 1.807) is 6.07 Å². The third kappa shape index (κ3) is 3.48. The molecule has 5 aromatic carbocycles. The molecule has 0 aliphatic heterocycles. The normalized spacial score (nSPS) is 12.1. The number of para-hydroxylation sites is 2. The van der Waals surface area contributed by atoms with Gasteiger partial charge in [-0.2, -0.15) is 4.57 Å². The Bertz CT molecular complexity index is 2370. The van der Waals surface area contributed by atoms with E-state index in [1.807, 2.05) is 48.5 Å². The van der Waals surface area contributed by atoms with E-state index in [9.17, 15) is 0 Å². The van der Waals surface area contributed by atoms with Crippen LogP contribution in [0.1, 0.15) is 30.9 Å². The zero-order chi connectivity index (χ0) is 28.7. The summed E-state index contributed by atoms with van der Waals surface area (Å²) in [4.78, 5) is 0. The fourth-order valence-electron chi connectivity index (χ4n) is 6.63. The van der Waals surface area contributed by atoms with Gasteiger partial charge in [-0.3, -0.25) is 0 Å². The predicted molar refractivity (Wildman–Crippen MR) is 169 cm³/mol. The van der Waals surface area contributed by atoms with Crippen LogP contribution in [-0.2, 0) is 7.05 Å². The molecule has 0 fully saturated rings. The lowest BCUT2D eigenvalue weighted by atomic mass is 9.93.